The molecule has 0 radical (unpaired) electrons. The van der Waals surface area contributed by atoms with Crippen molar-refractivity contribution in [1.29, 1.82) is 0 Å². The highest BCUT2D eigenvalue weighted by molar-refractivity contribution is 7.92. The Kier molecular flexibility index (Phi) is 9.90. The summed E-state index contributed by atoms with van der Waals surface area (Å²) >= 11 is 0. The second kappa shape index (κ2) is 13.1. The first-order valence-corrected chi connectivity index (χ1v) is 14.3. The normalized spacial score (nSPS) is 11.9. The minimum absolute atomic E-state index is 0.0913. The molecular formula is C29H35N3O5S. The Morgan fingerprint density at radius 3 is 2.24 bits per heavy atom. The van der Waals surface area contributed by atoms with Crippen LogP contribution in [0.1, 0.15) is 23.6 Å². The van der Waals surface area contributed by atoms with E-state index in [0.29, 0.717) is 17.9 Å². The minimum Gasteiger partial charge on any atom is -0.497 e. The number of rotatable bonds is 12. The quantitative estimate of drug-likeness (QED) is 0.382. The molecule has 0 aliphatic rings. The van der Waals surface area contributed by atoms with Crippen molar-refractivity contribution in [2.45, 2.75) is 32.4 Å². The Hall–Kier alpha value is -3.85. The molecule has 0 spiro atoms. The number of carbonyl (C=O) groups is 2. The van der Waals surface area contributed by atoms with E-state index in [1.165, 1.54) is 11.9 Å². The summed E-state index contributed by atoms with van der Waals surface area (Å²) in [6.07, 6.45) is 1.94. The number of methoxy groups -OCH3 is 1. The monoisotopic (exact) mass is 537 g/mol. The minimum atomic E-state index is -3.81. The summed E-state index contributed by atoms with van der Waals surface area (Å²) < 4.78 is 32.3. The van der Waals surface area contributed by atoms with Crippen molar-refractivity contribution < 1.29 is 22.7 Å². The fourth-order valence-electron chi connectivity index (χ4n) is 4.34. The number of anilines is 1. The van der Waals surface area contributed by atoms with Crippen LogP contribution in [0.3, 0.4) is 0 Å². The summed E-state index contributed by atoms with van der Waals surface area (Å²) in [6.45, 7) is 1.58. The zero-order valence-electron chi connectivity index (χ0n) is 22.3. The third kappa shape index (κ3) is 7.35. The molecule has 0 saturated carbocycles. The molecule has 8 nitrogen and oxygen atoms in total. The van der Waals surface area contributed by atoms with Gasteiger partial charge >= 0.3 is 0 Å². The van der Waals surface area contributed by atoms with Crippen molar-refractivity contribution in [3.05, 3.63) is 95.6 Å². The van der Waals surface area contributed by atoms with Gasteiger partial charge in [-0.1, -0.05) is 67.6 Å². The molecule has 0 unspecified atom stereocenters. The molecule has 9 heteroatoms. The Balaban J connectivity index is 2.06. The number of benzene rings is 3. The van der Waals surface area contributed by atoms with Gasteiger partial charge < -0.3 is 15.0 Å². The fraction of sp³-hybridized carbons (Fsp3) is 0.310. The van der Waals surface area contributed by atoms with Crippen LogP contribution in [0.5, 0.6) is 5.75 Å². The van der Waals surface area contributed by atoms with E-state index in [2.05, 4.69) is 5.32 Å². The van der Waals surface area contributed by atoms with E-state index >= 15 is 0 Å². The third-order valence-electron chi connectivity index (χ3n) is 6.32. The van der Waals surface area contributed by atoms with Crippen molar-refractivity contribution in [2.75, 3.05) is 31.3 Å². The maximum atomic E-state index is 14.0. The van der Waals surface area contributed by atoms with E-state index in [-0.39, 0.29) is 18.9 Å². The highest BCUT2D eigenvalue weighted by Gasteiger charge is 2.33. The van der Waals surface area contributed by atoms with Gasteiger partial charge in [-0.15, -0.1) is 0 Å². The highest BCUT2D eigenvalue weighted by atomic mass is 32.2. The van der Waals surface area contributed by atoms with Crippen LogP contribution in [0.15, 0.2) is 78.9 Å². The number of likely N-dealkylation sites (N-methyl/N-ethyl adjacent to an activating group) is 1. The summed E-state index contributed by atoms with van der Waals surface area (Å²) in [7, 11) is -0.730. The summed E-state index contributed by atoms with van der Waals surface area (Å²) in [5.41, 5.74) is 2.88. The standard InChI is InChI=1S/C29H35N3O5S/c1-5-24-15-9-10-17-26(24)32(38(4,35)36)21-28(33)31(20-23-14-11-16-25(18-23)37-3)27(29(34)30-2)19-22-12-7-6-8-13-22/h6-18,27H,5,19-21H2,1-4H3,(H,30,34)/t27-/m0/s1. The van der Waals surface area contributed by atoms with Gasteiger partial charge in [-0.3, -0.25) is 13.9 Å². The van der Waals surface area contributed by atoms with Gasteiger partial charge in [-0.2, -0.15) is 0 Å². The molecule has 0 saturated heterocycles. The first-order chi connectivity index (χ1) is 18.2. The molecule has 3 aromatic carbocycles. The molecule has 1 N–H and O–H groups in total. The maximum absolute atomic E-state index is 14.0. The molecule has 3 rings (SSSR count). The van der Waals surface area contributed by atoms with Crippen molar-refractivity contribution in [3.63, 3.8) is 0 Å². The smallest absolute Gasteiger partial charge is 0.244 e. The summed E-state index contributed by atoms with van der Waals surface area (Å²) in [4.78, 5) is 28.6. The number of nitrogens with zero attached hydrogens (tertiary/aromatic N) is 2. The van der Waals surface area contributed by atoms with Crippen LogP contribution in [0.2, 0.25) is 0 Å². The maximum Gasteiger partial charge on any atom is 0.244 e. The number of nitrogens with one attached hydrogen (secondary N) is 1. The number of carbonyl (C=O) groups excluding carboxylic acids is 2. The second-order valence-electron chi connectivity index (χ2n) is 8.94. The average Bonchev–Trinajstić information content (AvgIpc) is 2.93. The molecule has 38 heavy (non-hydrogen) atoms. The zero-order chi connectivity index (χ0) is 27.7. The van der Waals surface area contributed by atoms with Crippen LogP contribution in [0, 0.1) is 0 Å². The SMILES string of the molecule is CCc1ccccc1N(CC(=O)N(Cc1cccc(OC)c1)[C@@H](Cc1ccccc1)C(=O)NC)S(C)(=O)=O. The van der Waals surface area contributed by atoms with Crippen LogP contribution in [0.25, 0.3) is 0 Å². The van der Waals surface area contributed by atoms with E-state index in [4.69, 9.17) is 4.74 Å². The number of para-hydroxylation sites is 1. The van der Waals surface area contributed by atoms with Gasteiger partial charge in [0.1, 0.15) is 18.3 Å². The predicted molar refractivity (Wildman–Crippen MR) is 150 cm³/mol. The molecule has 2 amide bonds. The van der Waals surface area contributed by atoms with Crippen molar-refractivity contribution in [2.24, 2.45) is 0 Å². The predicted octanol–water partition coefficient (Wildman–Crippen LogP) is 3.41. The van der Waals surface area contributed by atoms with Gasteiger partial charge in [0, 0.05) is 20.0 Å². The largest absolute Gasteiger partial charge is 0.497 e. The van der Waals surface area contributed by atoms with Gasteiger partial charge in [0.05, 0.1) is 19.1 Å². The second-order valence-corrected chi connectivity index (χ2v) is 10.9. The van der Waals surface area contributed by atoms with Gasteiger partial charge in [0.25, 0.3) is 0 Å². The molecule has 0 aliphatic carbocycles. The van der Waals surface area contributed by atoms with Crippen LogP contribution in [-0.2, 0) is 39.0 Å². The Bertz CT molecular complexity index is 1350. The van der Waals surface area contributed by atoms with Crippen LogP contribution in [-0.4, -0.2) is 58.1 Å². The van der Waals surface area contributed by atoms with Crippen LogP contribution in [0.4, 0.5) is 5.69 Å². The lowest BCUT2D eigenvalue weighted by Gasteiger charge is -2.33. The van der Waals surface area contributed by atoms with E-state index < -0.39 is 28.5 Å². The number of hydrogen-bond donors (Lipinski definition) is 1. The van der Waals surface area contributed by atoms with Gasteiger partial charge in [-0.25, -0.2) is 8.42 Å². The first kappa shape index (κ1) is 28.7. The molecule has 3 aromatic rings. The van der Waals surface area contributed by atoms with Crippen LogP contribution >= 0.6 is 0 Å². The van der Waals surface area contributed by atoms with Gasteiger partial charge in [0.2, 0.25) is 21.8 Å². The molecule has 202 valence electrons. The lowest BCUT2D eigenvalue weighted by molar-refractivity contribution is -0.139. The topological polar surface area (TPSA) is 96.0 Å². The molecule has 0 bridgehead atoms. The van der Waals surface area contributed by atoms with Crippen molar-refractivity contribution in [3.8, 4) is 5.75 Å². The van der Waals surface area contributed by atoms with E-state index in [1.54, 1.807) is 31.4 Å². The Morgan fingerprint density at radius 2 is 1.61 bits per heavy atom. The van der Waals surface area contributed by atoms with Crippen molar-refractivity contribution in [1.82, 2.24) is 10.2 Å². The molecule has 0 heterocycles. The average molecular weight is 538 g/mol. The summed E-state index contributed by atoms with van der Waals surface area (Å²) in [6, 6.07) is 22.9. The molecular weight excluding hydrogens is 502 g/mol. The van der Waals surface area contributed by atoms with Gasteiger partial charge in [0.15, 0.2) is 0 Å². The lowest BCUT2D eigenvalue weighted by Crippen LogP contribution is -2.53. The van der Waals surface area contributed by atoms with E-state index in [1.807, 2.05) is 61.5 Å². The zero-order valence-corrected chi connectivity index (χ0v) is 23.1. The fourth-order valence-corrected chi connectivity index (χ4v) is 5.22. The highest BCUT2D eigenvalue weighted by Crippen LogP contribution is 2.25. The number of amides is 2. The molecule has 0 aromatic heterocycles. The van der Waals surface area contributed by atoms with E-state index in [9.17, 15) is 18.0 Å². The number of sulfonamides is 1. The van der Waals surface area contributed by atoms with Crippen LogP contribution < -0.4 is 14.4 Å². The number of hydrogen-bond acceptors (Lipinski definition) is 5. The Morgan fingerprint density at radius 1 is 0.947 bits per heavy atom. The Labute approximate surface area is 225 Å². The lowest BCUT2D eigenvalue weighted by atomic mass is 10.0. The molecule has 0 fully saturated rings. The summed E-state index contributed by atoms with van der Waals surface area (Å²) in [5, 5.41) is 2.67. The van der Waals surface area contributed by atoms with E-state index in [0.717, 1.165) is 27.3 Å². The van der Waals surface area contributed by atoms with Crippen molar-refractivity contribution >= 4 is 27.5 Å². The summed E-state index contributed by atoms with van der Waals surface area (Å²) in [5.74, 6) is -0.220. The number of aryl methyl sites for hydroxylation is 1. The molecule has 0 aliphatic heterocycles. The third-order valence-corrected chi connectivity index (χ3v) is 7.45. The molecule has 1 atom stereocenters. The first-order valence-electron chi connectivity index (χ1n) is 12.4. The van der Waals surface area contributed by atoms with Gasteiger partial charge in [-0.05, 0) is 41.3 Å². The number of ether oxygens (including phenoxy) is 1.